The molecule has 4 nitrogen and oxygen atoms in total. The maximum atomic E-state index is 11.5. The lowest BCUT2D eigenvalue weighted by Gasteiger charge is -2.27. The van der Waals surface area contributed by atoms with E-state index >= 15 is 0 Å². The highest BCUT2D eigenvalue weighted by atomic mass is 16.3. The number of rotatable bonds is 6. The van der Waals surface area contributed by atoms with Crippen LogP contribution >= 0.6 is 0 Å². The normalized spacial score (nSPS) is 13.7. The lowest BCUT2D eigenvalue weighted by molar-refractivity contribution is -0.123. The Hall–Kier alpha value is -0.610. The predicted octanol–water partition coefficient (Wildman–Crippen LogP) is 0.602. The van der Waals surface area contributed by atoms with Gasteiger partial charge in [-0.15, -0.1) is 0 Å². The number of carbonyl (C=O) groups excluding carboxylic acids is 1. The average Bonchev–Trinajstić information content (AvgIpc) is 1.99. The molecule has 0 bridgehead atoms. The van der Waals surface area contributed by atoms with Gasteiger partial charge < -0.3 is 10.4 Å². The molecular weight excluding hydrogens is 192 g/mol. The summed E-state index contributed by atoms with van der Waals surface area (Å²) < 4.78 is 0. The minimum absolute atomic E-state index is 0.0133. The van der Waals surface area contributed by atoms with Gasteiger partial charge in [0.25, 0.3) is 0 Å². The minimum atomic E-state index is -0.403. The third kappa shape index (κ3) is 7.33. The van der Waals surface area contributed by atoms with Gasteiger partial charge in [-0.3, -0.25) is 9.69 Å². The third-order valence-corrected chi connectivity index (χ3v) is 2.03. The summed E-state index contributed by atoms with van der Waals surface area (Å²) in [6.07, 6.45) is -0.403. The van der Waals surface area contributed by atoms with Crippen molar-refractivity contribution < 1.29 is 9.90 Å². The number of carbonyl (C=O) groups is 1. The number of nitrogens with zero attached hydrogens (tertiary/aromatic N) is 1. The summed E-state index contributed by atoms with van der Waals surface area (Å²) >= 11 is 0. The first-order chi connectivity index (χ1) is 6.82. The van der Waals surface area contributed by atoms with Crippen LogP contribution in [0.5, 0.6) is 0 Å². The second-order valence-corrected chi connectivity index (χ2v) is 4.59. The molecule has 2 N–H and O–H groups in total. The summed E-state index contributed by atoms with van der Waals surface area (Å²) in [5.74, 6) is 0.0133. The number of aliphatic hydroxyl groups excluding tert-OH is 1. The summed E-state index contributed by atoms with van der Waals surface area (Å²) in [4.78, 5) is 13.5. The van der Waals surface area contributed by atoms with E-state index in [0.717, 1.165) is 0 Å². The van der Waals surface area contributed by atoms with Gasteiger partial charge in [-0.2, -0.15) is 0 Å². The van der Waals surface area contributed by atoms with Gasteiger partial charge >= 0.3 is 0 Å². The van der Waals surface area contributed by atoms with Crippen molar-refractivity contribution >= 4 is 5.91 Å². The predicted molar refractivity (Wildman–Crippen MR) is 61.7 cm³/mol. The van der Waals surface area contributed by atoms with Gasteiger partial charge in [0.15, 0.2) is 0 Å². The highest BCUT2D eigenvalue weighted by Crippen LogP contribution is 1.99. The van der Waals surface area contributed by atoms with E-state index in [2.05, 4.69) is 5.32 Å². The standard InChI is InChI=1S/C11H24N2O2/c1-8(2)12-11(15)7-13(9(3)4)6-10(5)14/h8-10,14H,6-7H2,1-5H3,(H,12,15). The molecule has 90 valence electrons. The number of hydrogen-bond acceptors (Lipinski definition) is 3. The molecule has 1 unspecified atom stereocenters. The monoisotopic (exact) mass is 216 g/mol. The zero-order chi connectivity index (χ0) is 12.0. The highest BCUT2D eigenvalue weighted by Gasteiger charge is 2.15. The van der Waals surface area contributed by atoms with E-state index in [1.807, 2.05) is 32.6 Å². The Labute approximate surface area is 92.7 Å². The van der Waals surface area contributed by atoms with Crippen molar-refractivity contribution in [1.29, 1.82) is 0 Å². The Kier molecular flexibility index (Phi) is 6.52. The van der Waals surface area contributed by atoms with Gasteiger partial charge in [-0.05, 0) is 34.6 Å². The van der Waals surface area contributed by atoms with E-state index < -0.39 is 6.10 Å². The number of nitrogens with one attached hydrogen (secondary N) is 1. The molecule has 0 aromatic heterocycles. The third-order valence-electron chi connectivity index (χ3n) is 2.03. The van der Waals surface area contributed by atoms with Gasteiger partial charge in [-0.25, -0.2) is 0 Å². The lowest BCUT2D eigenvalue weighted by atomic mass is 10.2. The Morgan fingerprint density at radius 1 is 1.27 bits per heavy atom. The van der Waals surface area contributed by atoms with Crippen molar-refractivity contribution in [3.63, 3.8) is 0 Å². The second kappa shape index (κ2) is 6.80. The first kappa shape index (κ1) is 14.4. The van der Waals surface area contributed by atoms with Crippen molar-refractivity contribution in [2.24, 2.45) is 0 Å². The summed E-state index contributed by atoms with van der Waals surface area (Å²) in [5, 5.41) is 12.1. The van der Waals surface area contributed by atoms with Gasteiger partial charge in [-0.1, -0.05) is 0 Å². The Morgan fingerprint density at radius 3 is 2.13 bits per heavy atom. The van der Waals surface area contributed by atoms with Crippen molar-refractivity contribution in [2.75, 3.05) is 13.1 Å². The van der Waals surface area contributed by atoms with Crippen molar-refractivity contribution in [1.82, 2.24) is 10.2 Å². The zero-order valence-electron chi connectivity index (χ0n) is 10.4. The van der Waals surface area contributed by atoms with Crippen LogP contribution < -0.4 is 5.32 Å². The van der Waals surface area contributed by atoms with E-state index in [1.54, 1.807) is 6.92 Å². The van der Waals surface area contributed by atoms with E-state index in [9.17, 15) is 9.90 Å². The fourth-order valence-electron chi connectivity index (χ4n) is 1.35. The van der Waals surface area contributed by atoms with Crippen LogP contribution in [0.4, 0.5) is 0 Å². The molecule has 0 rings (SSSR count). The second-order valence-electron chi connectivity index (χ2n) is 4.59. The summed E-state index contributed by atoms with van der Waals surface area (Å²) in [6, 6.07) is 0.426. The van der Waals surface area contributed by atoms with E-state index in [1.165, 1.54) is 0 Å². The van der Waals surface area contributed by atoms with Crippen LogP contribution in [0.1, 0.15) is 34.6 Å². The van der Waals surface area contributed by atoms with E-state index in [4.69, 9.17) is 0 Å². The molecule has 0 spiro atoms. The minimum Gasteiger partial charge on any atom is -0.392 e. The molecule has 0 aromatic rings. The molecule has 0 radical (unpaired) electrons. The number of aliphatic hydroxyl groups is 1. The molecule has 0 fully saturated rings. The topological polar surface area (TPSA) is 52.6 Å². The fourth-order valence-corrected chi connectivity index (χ4v) is 1.35. The van der Waals surface area contributed by atoms with Gasteiger partial charge in [0.2, 0.25) is 5.91 Å². The van der Waals surface area contributed by atoms with E-state index in [0.29, 0.717) is 13.1 Å². The molecule has 0 aliphatic rings. The SMILES string of the molecule is CC(O)CN(CC(=O)NC(C)C)C(C)C. The fraction of sp³-hybridized carbons (Fsp3) is 0.909. The molecule has 15 heavy (non-hydrogen) atoms. The van der Waals surface area contributed by atoms with Crippen LogP contribution in [0.3, 0.4) is 0 Å². The Bertz CT molecular complexity index is 191. The zero-order valence-corrected chi connectivity index (χ0v) is 10.4. The maximum Gasteiger partial charge on any atom is 0.234 e. The number of hydrogen-bond donors (Lipinski definition) is 2. The first-order valence-corrected chi connectivity index (χ1v) is 5.54. The molecule has 0 saturated heterocycles. The van der Waals surface area contributed by atoms with Gasteiger partial charge in [0.1, 0.15) is 0 Å². The average molecular weight is 216 g/mol. The molecule has 0 aliphatic heterocycles. The molecule has 1 atom stereocenters. The summed E-state index contributed by atoms with van der Waals surface area (Å²) in [7, 11) is 0. The first-order valence-electron chi connectivity index (χ1n) is 5.54. The highest BCUT2D eigenvalue weighted by molar-refractivity contribution is 5.78. The molecule has 4 heteroatoms. The molecule has 0 aromatic carbocycles. The quantitative estimate of drug-likeness (QED) is 0.683. The van der Waals surface area contributed by atoms with Crippen LogP contribution in [-0.4, -0.2) is 47.2 Å². The molecule has 0 heterocycles. The van der Waals surface area contributed by atoms with Crippen LogP contribution in [-0.2, 0) is 4.79 Å². The van der Waals surface area contributed by atoms with Crippen molar-refractivity contribution in [3.05, 3.63) is 0 Å². The Balaban J connectivity index is 4.10. The molecule has 0 aliphatic carbocycles. The van der Waals surface area contributed by atoms with Crippen molar-refractivity contribution in [2.45, 2.75) is 52.8 Å². The van der Waals surface area contributed by atoms with Crippen LogP contribution in [0.25, 0.3) is 0 Å². The van der Waals surface area contributed by atoms with Crippen LogP contribution in [0.15, 0.2) is 0 Å². The van der Waals surface area contributed by atoms with Crippen molar-refractivity contribution in [3.8, 4) is 0 Å². The molecule has 1 amide bonds. The molecular formula is C11H24N2O2. The lowest BCUT2D eigenvalue weighted by Crippen LogP contribution is -2.45. The largest absolute Gasteiger partial charge is 0.392 e. The summed E-state index contributed by atoms with van der Waals surface area (Å²) in [5.41, 5.74) is 0. The van der Waals surface area contributed by atoms with E-state index in [-0.39, 0.29) is 18.0 Å². The van der Waals surface area contributed by atoms with Gasteiger partial charge in [0, 0.05) is 18.6 Å². The summed E-state index contributed by atoms with van der Waals surface area (Å²) in [6.45, 7) is 10.5. The van der Waals surface area contributed by atoms with Gasteiger partial charge in [0.05, 0.1) is 12.6 Å². The Morgan fingerprint density at radius 2 is 1.80 bits per heavy atom. The van der Waals surface area contributed by atoms with Crippen LogP contribution in [0, 0.1) is 0 Å². The number of amides is 1. The molecule has 0 saturated carbocycles. The maximum absolute atomic E-state index is 11.5. The smallest absolute Gasteiger partial charge is 0.234 e. The van der Waals surface area contributed by atoms with Crippen LogP contribution in [0.2, 0.25) is 0 Å².